The van der Waals surface area contributed by atoms with E-state index >= 15 is 0 Å². The highest BCUT2D eigenvalue weighted by Crippen LogP contribution is 2.25. The van der Waals surface area contributed by atoms with Crippen molar-refractivity contribution in [3.05, 3.63) is 21.9 Å². The van der Waals surface area contributed by atoms with Gasteiger partial charge in [0.2, 0.25) is 0 Å². The van der Waals surface area contributed by atoms with Gasteiger partial charge in [-0.2, -0.15) is 0 Å². The summed E-state index contributed by atoms with van der Waals surface area (Å²) < 4.78 is 6.47. The highest BCUT2D eigenvalue weighted by molar-refractivity contribution is 9.10. The number of likely N-dealkylation sites (tertiary alicyclic amines) is 1. The second-order valence-corrected chi connectivity index (χ2v) is 5.24. The van der Waals surface area contributed by atoms with E-state index in [2.05, 4.69) is 32.9 Å². The predicted octanol–water partition coefficient (Wildman–Crippen LogP) is 3.39. The molecule has 0 spiro atoms. The molecule has 1 aliphatic heterocycles. The molecule has 1 aromatic rings. The van der Waals surface area contributed by atoms with Crippen LogP contribution in [-0.2, 0) is 0 Å². The Morgan fingerprint density at radius 2 is 2.41 bits per heavy atom. The average molecular weight is 342 g/mol. The van der Waals surface area contributed by atoms with Crippen molar-refractivity contribution in [3.63, 3.8) is 0 Å². The molecule has 1 atom stereocenters. The Morgan fingerprint density at radius 1 is 1.65 bits per heavy atom. The smallest absolute Gasteiger partial charge is 0.143 e. The van der Waals surface area contributed by atoms with Crippen LogP contribution in [0.2, 0.25) is 5.15 Å². The van der Waals surface area contributed by atoms with Gasteiger partial charge in [0.1, 0.15) is 17.5 Å². The van der Waals surface area contributed by atoms with Gasteiger partial charge in [-0.15, -0.1) is 12.4 Å². The molecule has 1 aliphatic rings. The first-order valence-electron chi connectivity index (χ1n) is 5.31. The number of likely N-dealkylation sites (N-methyl/N-ethyl adjacent to an activating group) is 1. The molecule has 0 saturated carbocycles. The molecule has 17 heavy (non-hydrogen) atoms. The van der Waals surface area contributed by atoms with Gasteiger partial charge in [0, 0.05) is 6.04 Å². The van der Waals surface area contributed by atoms with Crippen molar-refractivity contribution in [2.75, 3.05) is 20.2 Å². The Morgan fingerprint density at radius 3 is 3.00 bits per heavy atom. The maximum absolute atomic E-state index is 5.81. The van der Waals surface area contributed by atoms with Crippen LogP contribution in [0.1, 0.15) is 12.8 Å². The average Bonchev–Trinajstić information content (AvgIpc) is 2.66. The SMILES string of the molecule is CN1CCC[C@@H]1COc1cnc(Cl)c(Br)c1.Cl. The first-order chi connectivity index (χ1) is 7.66. The van der Waals surface area contributed by atoms with Crippen LogP contribution in [0.3, 0.4) is 0 Å². The van der Waals surface area contributed by atoms with Gasteiger partial charge in [0.25, 0.3) is 0 Å². The van der Waals surface area contributed by atoms with E-state index in [0.29, 0.717) is 17.8 Å². The van der Waals surface area contributed by atoms with E-state index in [1.165, 1.54) is 12.8 Å². The van der Waals surface area contributed by atoms with E-state index in [1.807, 2.05) is 6.07 Å². The predicted molar refractivity (Wildman–Crippen MR) is 75.3 cm³/mol. The highest BCUT2D eigenvalue weighted by Gasteiger charge is 2.21. The molecule has 0 aromatic carbocycles. The first kappa shape index (κ1) is 15.0. The molecule has 0 aliphatic carbocycles. The minimum atomic E-state index is 0. The number of ether oxygens (including phenoxy) is 1. The Kier molecular flexibility index (Phi) is 6.00. The van der Waals surface area contributed by atoms with E-state index in [1.54, 1.807) is 6.20 Å². The molecule has 1 aromatic heterocycles. The molecule has 1 saturated heterocycles. The van der Waals surface area contributed by atoms with Gasteiger partial charge in [0.15, 0.2) is 0 Å². The van der Waals surface area contributed by atoms with Gasteiger partial charge in [0.05, 0.1) is 10.7 Å². The number of nitrogens with zero attached hydrogens (tertiary/aromatic N) is 2. The molecule has 3 nitrogen and oxygen atoms in total. The molecule has 0 radical (unpaired) electrons. The van der Waals surface area contributed by atoms with Gasteiger partial charge in [-0.3, -0.25) is 0 Å². The fourth-order valence-electron chi connectivity index (χ4n) is 1.86. The molecule has 2 rings (SSSR count). The molecule has 0 N–H and O–H groups in total. The molecule has 0 amide bonds. The van der Waals surface area contributed by atoms with Crippen LogP contribution in [0.5, 0.6) is 5.75 Å². The van der Waals surface area contributed by atoms with E-state index < -0.39 is 0 Å². The summed E-state index contributed by atoms with van der Waals surface area (Å²) in [5.74, 6) is 0.761. The van der Waals surface area contributed by atoms with Crippen molar-refractivity contribution in [1.29, 1.82) is 0 Å². The van der Waals surface area contributed by atoms with Crippen LogP contribution in [0.25, 0.3) is 0 Å². The highest BCUT2D eigenvalue weighted by atomic mass is 79.9. The maximum Gasteiger partial charge on any atom is 0.143 e. The van der Waals surface area contributed by atoms with Gasteiger partial charge in [-0.05, 0) is 48.4 Å². The van der Waals surface area contributed by atoms with Crippen molar-refractivity contribution in [2.45, 2.75) is 18.9 Å². The standard InChI is InChI=1S/C11H14BrClN2O.ClH/c1-15-4-2-3-8(15)7-16-9-5-10(12)11(13)14-6-9;/h5-6,8H,2-4,7H2,1H3;1H/t8-;/m1./s1. The lowest BCUT2D eigenvalue weighted by atomic mass is 10.2. The quantitative estimate of drug-likeness (QED) is 0.788. The summed E-state index contributed by atoms with van der Waals surface area (Å²) in [5, 5.41) is 0.463. The lowest BCUT2D eigenvalue weighted by Gasteiger charge is -2.19. The van der Waals surface area contributed by atoms with Gasteiger partial charge in [-0.25, -0.2) is 4.98 Å². The zero-order valence-electron chi connectivity index (χ0n) is 9.53. The zero-order valence-corrected chi connectivity index (χ0v) is 12.7. The van der Waals surface area contributed by atoms with Crippen molar-refractivity contribution in [3.8, 4) is 5.75 Å². The Labute approximate surface area is 121 Å². The van der Waals surface area contributed by atoms with Crippen molar-refractivity contribution < 1.29 is 4.74 Å². The third-order valence-corrected chi connectivity index (χ3v) is 4.02. The lowest BCUT2D eigenvalue weighted by Crippen LogP contribution is -2.30. The number of halogens is 3. The van der Waals surface area contributed by atoms with Crippen molar-refractivity contribution >= 4 is 39.9 Å². The fraction of sp³-hybridized carbons (Fsp3) is 0.545. The Hall–Kier alpha value is -0.0300. The van der Waals surface area contributed by atoms with Crippen LogP contribution in [-0.4, -0.2) is 36.1 Å². The van der Waals surface area contributed by atoms with E-state index in [4.69, 9.17) is 16.3 Å². The van der Waals surface area contributed by atoms with Crippen LogP contribution in [0, 0.1) is 0 Å². The van der Waals surface area contributed by atoms with Crippen LogP contribution < -0.4 is 4.74 Å². The molecule has 0 bridgehead atoms. The zero-order chi connectivity index (χ0) is 11.5. The monoisotopic (exact) mass is 340 g/mol. The van der Waals surface area contributed by atoms with Crippen molar-refractivity contribution in [1.82, 2.24) is 9.88 Å². The first-order valence-corrected chi connectivity index (χ1v) is 6.48. The number of hydrogen-bond acceptors (Lipinski definition) is 3. The third-order valence-electron chi connectivity index (χ3n) is 2.89. The lowest BCUT2D eigenvalue weighted by molar-refractivity contribution is 0.198. The fourth-order valence-corrected chi connectivity index (χ4v) is 2.30. The summed E-state index contributed by atoms with van der Waals surface area (Å²) >= 11 is 9.14. The van der Waals surface area contributed by atoms with Crippen LogP contribution >= 0.6 is 39.9 Å². The van der Waals surface area contributed by atoms with E-state index in [-0.39, 0.29) is 12.4 Å². The van der Waals surface area contributed by atoms with E-state index in [0.717, 1.165) is 16.8 Å². The van der Waals surface area contributed by atoms with Crippen molar-refractivity contribution in [2.24, 2.45) is 0 Å². The maximum atomic E-state index is 5.81. The molecular formula is C11H15BrCl2N2O. The third kappa shape index (κ3) is 3.98. The number of hydrogen-bond donors (Lipinski definition) is 0. The van der Waals surface area contributed by atoms with Gasteiger partial charge >= 0.3 is 0 Å². The Balaban J connectivity index is 0.00000144. The van der Waals surface area contributed by atoms with Crippen LogP contribution in [0.4, 0.5) is 0 Å². The molecule has 96 valence electrons. The minimum absolute atomic E-state index is 0. The molecule has 1 fully saturated rings. The summed E-state index contributed by atoms with van der Waals surface area (Å²) in [7, 11) is 2.14. The largest absolute Gasteiger partial charge is 0.490 e. The van der Waals surface area contributed by atoms with Crippen LogP contribution in [0.15, 0.2) is 16.7 Å². The summed E-state index contributed by atoms with van der Waals surface area (Å²) in [6.07, 6.45) is 4.12. The molecule has 6 heteroatoms. The topological polar surface area (TPSA) is 25.4 Å². The molecule has 2 heterocycles. The molecular weight excluding hydrogens is 327 g/mol. The normalized spacial score (nSPS) is 20.1. The number of aromatic nitrogens is 1. The summed E-state index contributed by atoms with van der Waals surface area (Å²) in [5.41, 5.74) is 0. The van der Waals surface area contributed by atoms with Gasteiger partial charge in [-0.1, -0.05) is 11.6 Å². The number of rotatable bonds is 3. The minimum Gasteiger partial charge on any atom is -0.490 e. The summed E-state index contributed by atoms with van der Waals surface area (Å²) in [4.78, 5) is 6.35. The second-order valence-electron chi connectivity index (χ2n) is 4.03. The number of pyridine rings is 1. The summed E-state index contributed by atoms with van der Waals surface area (Å²) in [6.45, 7) is 1.88. The van der Waals surface area contributed by atoms with E-state index in [9.17, 15) is 0 Å². The molecule has 0 unspecified atom stereocenters. The second kappa shape index (κ2) is 6.78. The van der Waals surface area contributed by atoms with Gasteiger partial charge < -0.3 is 9.64 Å². The Bertz CT molecular complexity index is 378. The summed E-state index contributed by atoms with van der Waals surface area (Å²) in [6, 6.07) is 2.37.